The Kier molecular flexibility index (Phi) is 9.88. The molecule has 2 atom stereocenters. The molecule has 0 heterocycles. The van der Waals surface area contributed by atoms with Crippen molar-refractivity contribution in [2.45, 2.75) is 77.4 Å². The topological polar surface area (TPSA) is 58.6 Å². The molecule has 0 aromatic rings. The number of aliphatic carboxylic acids is 1. The van der Waals surface area contributed by atoms with Gasteiger partial charge in [0, 0.05) is 13.0 Å². The van der Waals surface area contributed by atoms with E-state index in [-0.39, 0.29) is 6.10 Å². The summed E-state index contributed by atoms with van der Waals surface area (Å²) in [4.78, 5) is 11.1. The summed E-state index contributed by atoms with van der Waals surface area (Å²) in [7, 11) is 1.68. The molecule has 0 spiro atoms. The lowest BCUT2D eigenvalue weighted by molar-refractivity contribution is -0.145. The maximum absolute atomic E-state index is 11.1. The highest BCUT2D eigenvalue weighted by atomic mass is 16.5. The van der Waals surface area contributed by atoms with Gasteiger partial charge < -0.3 is 15.2 Å². The number of hydrogen-bond acceptors (Lipinski definition) is 3. The molecule has 4 nitrogen and oxygen atoms in total. The molecule has 0 fully saturated rings. The van der Waals surface area contributed by atoms with E-state index in [1.54, 1.807) is 14.0 Å². The Bertz CT molecular complexity index is 246. The first-order chi connectivity index (χ1) is 8.96. The minimum Gasteiger partial charge on any atom is -0.480 e. The SMILES string of the molecule is CCCCCCCCOC(C)CC(C)(NC)C(=O)O. The molecule has 0 aliphatic heterocycles. The maximum Gasteiger partial charge on any atom is 0.323 e. The number of carboxylic acids is 1. The van der Waals surface area contributed by atoms with Gasteiger partial charge in [-0.1, -0.05) is 39.0 Å². The number of nitrogens with one attached hydrogen (secondary N) is 1. The fourth-order valence-electron chi connectivity index (χ4n) is 2.10. The lowest BCUT2D eigenvalue weighted by Crippen LogP contribution is -2.49. The Balaban J connectivity index is 3.69. The van der Waals surface area contributed by atoms with E-state index in [0.717, 1.165) is 13.0 Å². The van der Waals surface area contributed by atoms with Crippen LogP contribution in [-0.4, -0.2) is 36.4 Å². The Hall–Kier alpha value is -0.610. The number of carbonyl (C=O) groups is 1. The fourth-order valence-corrected chi connectivity index (χ4v) is 2.10. The third kappa shape index (κ3) is 8.22. The van der Waals surface area contributed by atoms with E-state index in [1.165, 1.54) is 32.1 Å². The molecule has 19 heavy (non-hydrogen) atoms. The van der Waals surface area contributed by atoms with Crippen LogP contribution < -0.4 is 5.32 Å². The van der Waals surface area contributed by atoms with E-state index in [9.17, 15) is 4.79 Å². The van der Waals surface area contributed by atoms with Crippen molar-refractivity contribution in [1.29, 1.82) is 0 Å². The Morgan fingerprint density at radius 2 is 1.84 bits per heavy atom. The Labute approximate surface area is 117 Å². The largest absolute Gasteiger partial charge is 0.480 e. The van der Waals surface area contributed by atoms with Crippen LogP contribution in [0, 0.1) is 0 Å². The molecule has 0 saturated carbocycles. The lowest BCUT2D eigenvalue weighted by atomic mass is 9.95. The third-order valence-electron chi connectivity index (χ3n) is 3.62. The van der Waals surface area contributed by atoms with Crippen LogP contribution in [0.15, 0.2) is 0 Å². The van der Waals surface area contributed by atoms with E-state index < -0.39 is 11.5 Å². The van der Waals surface area contributed by atoms with E-state index in [2.05, 4.69) is 12.2 Å². The zero-order valence-corrected chi connectivity index (χ0v) is 13.0. The van der Waals surface area contributed by atoms with Gasteiger partial charge in [-0.3, -0.25) is 4.79 Å². The van der Waals surface area contributed by atoms with Gasteiger partial charge in [0.05, 0.1) is 6.10 Å². The molecular weight excluding hydrogens is 242 g/mol. The van der Waals surface area contributed by atoms with Crippen LogP contribution in [0.4, 0.5) is 0 Å². The molecule has 4 heteroatoms. The van der Waals surface area contributed by atoms with Crippen molar-refractivity contribution >= 4 is 5.97 Å². The van der Waals surface area contributed by atoms with Crippen LogP contribution in [0.3, 0.4) is 0 Å². The van der Waals surface area contributed by atoms with Crippen molar-refractivity contribution in [3.8, 4) is 0 Å². The highest BCUT2D eigenvalue weighted by molar-refractivity contribution is 5.78. The van der Waals surface area contributed by atoms with Gasteiger partial charge in [0.1, 0.15) is 5.54 Å². The second kappa shape index (κ2) is 10.2. The van der Waals surface area contributed by atoms with Crippen molar-refractivity contribution in [3.63, 3.8) is 0 Å². The van der Waals surface area contributed by atoms with Gasteiger partial charge in [0.2, 0.25) is 0 Å². The van der Waals surface area contributed by atoms with E-state index in [1.807, 2.05) is 6.92 Å². The van der Waals surface area contributed by atoms with Crippen LogP contribution in [0.5, 0.6) is 0 Å². The Morgan fingerprint density at radius 1 is 1.26 bits per heavy atom. The van der Waals surface area contributed by atoms with Gasteiger partial charge in [-0.25, -0.2) is 0 Å². The number of ether oxygens (including phenoxy) is 1. The predicted molar refractivity (Wildman–Crippen MR) is 78.5 cm³/mol. The van der Waals surface area contributed by atoms with Crippen LogP contribution in [0.1, 0.15) is 65.7 Å². The molecule has 0 aliphatic carbocycles. The maximum atomic E-state index is 11.1. The lowest BCUT2D eigenvalue weighted by Gasteiger charge is -2.27. The molecule has 0 saturated heterocycles. The fraction of sp³-hybridized carbons (Fsp3) is 0.933. The monoisotopic (exact) mass is 273 g/mol. The average molecular weight is 273 g/mol. The number of carboxylic acid groups (broad SMARTS) is 1. The first-order valence-electron chi connectivity index (χ1n) is 7.50. The van der Waals surface area contributed by atoms with Gasteiger partial charge >= 0.3 is 5.97 Å². The summed E-state index contributed by atoms with van der Waals surface area (Å²) in [6.07, 6.45) is 7.88. The highest BCUT2D eigenvalue weighted by Crippen LogP contribution is 2.15. The zero-order valence-electron chi connectivity index (χ0n) is 13.0. The van der Waals surface area contributed by atoms with Gasteiger partial charge in [-0.2, -0.15) is 0 Å². The molecule has 0 aliphatic rings. The van der Waals surface area contributed by atoms with Gasteiger partial charge in [-0.15, -0.1) is 0 Å². The van der Waals surface area contributed by atoms with E-state index in [4.69, 9.17) is 9.84 Å². The quantitative estimate of drug-likeness (QED) is 0.536. The third-order valence-corrected chi connectivity index (χ3v) is 3.62. The van der Waals surface area contributed by atoms with Gasteiger partial charge in [-0.05, 0) is 27.3 Å². The summed E-state index contributed by atoms with van der Waals surface area (Å²) in [6, 6.07) is 0. The smallest absolute Gasteiger partial charge is 0.323 e. The van der Waals surface area contributed by atoms with Crippen LogP contribution in [0.2, 0.25) is 0 Å². The zero-order chi connectivity index (χ0) is 14.7. The summed E-state index contributed by atoms with van der Waals surface area (Å²) >= 11 is 0. The van der Waals surface area contributed by atoms with Crippen LogP contribution >= 0.6 is 0 Å². The number of hydrogen-bond donors (Lipinski definition) is 2. The van der Waals surface area contributed by atoms with Crippen molar-refractivity contribution in [3.05, 3.63) is 0 Å². The van der Waals surface area contributed by atoms with Crippen molar-refractivity contribution < 1.29 is 14.6 Å². The van der Waals surface area contributed by atoms with E-state index >= 15 is 0 Å². The molecule has 114 valence electrons. The molecule has 2 unspecified atom stereocenters. The predicted octanol–water partition coefficient (Wildman–Crippen LogP) is 3.20. The standard InChI is InChI=1S/C15H31NO3/c1-5-6-7-8-9-10-11-19-13(2)12-15(3,16-4)14(17)18/h13,16H,5-12H2,1-4H3,(H,17,18). The molecule has 0 rings (SSSR count). The summed E-state index contributed by atoms with van der Waals surface area (Å²) in [5.74, 6) is -0.829. The normalized spacial score (nSPS) is 16.0. The number of likely N-dealkylation sites (N-methyl/N-ethyl adjacent to an activating group) is 1. The molecular formula is C15H31NO3. The molecule has 0 aromatic heterocycles. The second-order valence-corrected chi connectivity index (χ2v) is 5.54. The number of unbranched alkanes of at least 4 members (excludes halogenated alkanes) is 5. The summed E-state index contributed by atoms with van der Waals surface area (Å²) < 4.78 is 5.69. The summed E-state index contributed by atoms with van der Waals surface area (Å²) in [6.45, 7) is 6.58. The molecule has 0 amide bonds. The van der Waals surface area contributed by atoms with Crippen molar-refractivity contribution in [1.82, 2.24) is 5.32 Å². The first kappa shape index (κ1) is 18.4. The summed E-state index contributed by atoms with van der Waals surface area (Å²) in [5.41, 5.74) is -0.902. The van der Waals surface area contributed by atoms with Gasteiger partial charge in [0.15, 0.2) is 0 Å². The van der Waals surface area contributed by atoms with E-state index in [0.29, 0.717) is 6.42 Å². The van der Waals surface area contributed by atoms with Crippen molar-refractivity contribution in [2.24, 2.45) is 0 Å². The van der Waals surface area contributed by atoms with Crippen LogP contribution in [-0.2, 0) is 9.53 Å². The molecule has 0 aromatic carbocycles. The molecule has 2 N–H and O–H groups in total. The first-order valence-corrected chi connectivity index (χ1v) is 7.50. The summed E-state index contributed by atoms with van der Waals surface area (Å²) in [5, 5.41) is 12.0. The second-order valence-electron chi connectivity index (χ2n) is 5.54. The van der Waals surface area contributed by atoms with Gasteiger partial charge in [0.25, 0.3) is 0 Å². The average Bonchev–Trinajstić information content (AvgIpc) is 2.37. The van der Waals surface area contributed by atoms with Crippen LogP contribution in [0.25, 0.3) is 0 Å². The Morgan fingerprint density at radius 3 is 2.37 bits per heavy atom. The minimum absolute atomic E-state index is 0.0378. The molecule has 0 bridgehead atoms. The van der Waals surface area contributed by atoms with Crippen molar-refractivity contribution in [2.75, 3.05) is 13.7 Å². The number of rotatable bonds is 12. The minimum atomic E-state index is -0.902. The molecule has 0 radical (unpaired) electrons. The highest BCUT2D eigenvalue weighted by Gasteiger charge is 2.33.